The summed E-state index contributed by atoms with van der Waals surface area (Å²) in [4.78, 5) is 16.5. The topological polar surface area (TPSA) is 112 Å². The first kappa shape index (κ1) is 29.2. The van der Waals surface area contributed by atoms with Crippen molar-refractivity contribution in [2.45, 2.75) is 65.0 Å². The van der Waals surface area contributed by atoms with Gasteiger partial charge in [-0.05, 0) is 46.0 Å². The zero-order valence-corrected chi connectivity index (χ0v) is 22.5. The number of ether oxygens (including phenoxy) is 1. The summed E-state index contributed by atoms with van der Waals surface area (Å²) in [5, 5.41) is 9.56. The molecule has 0 aromatic carbocycles. The Labute approximate surface area is 199 Å². The normalized spacial score (nSPS) is 18.5. The Balaban J connectivity index is 0.00000841. The molecule has 1 aliphatic heterocycles. The molecule has 1 aliphatic rings. The minimum Gasteiger partial charge on any atom is -0.444 e. The third-order valence-electron chi connectivity index (χ3n) is 5.21. The molecule has 3 N–H and O–H groups in total. The number of guanidine groups is 1. The van der Waals surface area contributed by atoms with E-state index < -0.39 is 27.3 Å². The third-order valence-corrected chi connectivity index (χ3v) is 6.48. The summed E-state index contributed by atoms with van der Waals surface area (Å²) in [6.45, 7) is 11.8. The number of carbonyl (C=O) groups is 1. The van der Waals surface area contributed by atoms with Gasteiger partial charge in [0.25, 0.3) is 0 Å². The fourth-order valence-corrected chi connectivity index (χ4v) is 4.14. The van der Waals surface area contributed by atoms with Gasteiger partial charge >= 0.3 is 6.09 Å². The van der Waals surface area contributed by atoms with Gasteiger partial charge in [-0.25, -0.2) is 17.5 Å². The summed E-state index contributed by atoms with van der Waals surface area (Å²) in [7, 11) is -1.44. The average Bonchev–Trinajstić information content (AvgIpc) is 3.08. The van der Waals surface area contributed by atoms with Crippen LogP contribution in [-0.2, 0) is 14.8 Å². The van der Waals surface area contributed by atoms with E-state index in [2.05, 4.69) is 20.9 Å². The van der Waals surface area contributed by atoms with Crippen LogP contribution in [0.2, 0.25) is 0 Å². The van der Waals surface area contributed by atoms with E-state index in [1.165, 1.54) is 10.6 Å². The van der Waals surface area contributed by atoms with Crippen molar-refractivity contribution in [1.29, 1.82) is 0 Å². The second-order valence-corrected chi connectivity index (χ2v) is 10.7. The molecular weight excluding hydrogens is 521 g/mol. The molecule has 0 spiro atoms. The van der Waals surface area contributed by atoms with Gasteiger partial charge in [0.2, 0.25) is 10.0 Å². The van der Waals surface area contributed by atoms with Crippen LogP contribution in [0.15, 0.2) is 4.99 Å². The zero-order chi connectivity index (χ0) is 22.3. The first-order valence-electron chi connectivity index (χ1n) is 10.2. The number of nitrogens with one attached hydrogen (secondary N) is 3. The maximum atomic E-state index is 12.3. The second kappa shape index (κ2) is 12.3. The molecule has 0 aromatic heterocycles. The zero-order valence-electron chi connectivity index (χ0n) is 19.4. The number of amides is 1. The number of carbonyl (C=O) groups excluding carboxylic acids is 1. The van der Waals surface area contributed by atoms with Gasteiger partial charge in [0.05, 0.1) is 11.8 Å². The summed E-state index contributed by atoms with van der Waals surface area (Å²) in [6, 6.07) is 0. The highest BCUT2D eigenvalue weighted by molar-refractivity contribution is 14.0. The van der Waals surface area contributed by atoms with Gasteiger partial charge in [-0.15, -0.1) is 24.0 Å². The number of rotatable bonds is 8. The van der Waals surface area contributed by atoms with Crippen LogP contribution < -0.4 is 16.0 Å². The van der Waals surface area contributed by atoms with Gasteiger partial charge in [-0.3, -0.25) is 4.99 Å². The van der Waals surface area contributed by atoms with Gasteiger partial charge in [0.1, 0.15) is 5.60 Å². The Bertz CT molecular complexity index is 675. The fraction of sp³-hybridized carbons (Fsp3) is 0.895. The van der Waals surface area contributed by atoms with Gasteiger partial charge in [-0.2, -0.15) is 0 Å². The van der Waals surface area contributed by atoms with Crippen molar-refractivity contribution in [3.63, 3.8) is 0 Å². The van der Waals surface area contributed by atoms with Crippen molar-refractivity contribution in [2.24, 2.45) is 10.9 Å². The highest BCUT2D eigenvalue weighted by Gasteiger charge is 2.31. The van der Waals surface area contributed by atoms with Gasteiger partial charge in [0.15, 0.2) is 5.96 Å². The Morgan fingerprint density at radius 1 is 1.20 bits per heavy atom. The van der Waals surface area contributed by atoms with Crippen LogP contribution in [0.4, 0.5) is 4.79 Å². The molecule has 11 heteroatoms. The van der Waals surface area contributed by atoms with E-state index in [0.29, 0.717) is 32.1 Å². The fourth-order valence-electron chi connectivity index (χ4n) is 3.22. The van der Waals surface area contributed by atoms with E-state index in [-0.39, 0.29) is 29.9 Å². The molecule has 1 heterocycles. The lowest BCUT2D eigenvalue weighted by Crippen LogP contribution is -2.57. The van der Waals surface area contributed by atoms with E-state index in [9.17, 15) is 13.2 Å². The Kier molecular flexibility index (Phi) is 11.9. The van der Waals surface area contributed by atoms with Gasteiger partial charge in [0, 0.05) is 33.2 Å². The second-order valence-electron chi connectivity index (χ2n) is 8.70. The summed E-state index contributed by atoms with van der Waals surface area (Å²) in [5.74, 6) is 0.866. The summed E-state index contributed by atoms with van der Waals surface area (Å²) in [6.07, 6.45) is 3.11. The molecular formula is C19H40IN5O4S. The summed E-state index contributed by atoms with van der Waals surface area (Å²) >= 11 is 0. The first-order valence-corrected chi connectivity index (χ1v) is 12.1. The molecule has 0 aromatic rings. The predicted octanol–water partition coefficient (Wildman–Crippen LogP) is 2.13. The van der Waals surface area contributed by atoms with Crippen LogP contribution in [0.3, 0.4) is 0 Å². The average molecular weight is 562 g/mol. The maximum absolute atomic E-state index is 12.3. The molecule has 0 aliphatic carbocycles. The van der Waals surface area contributed by atoms with Crippen LogP contribution >= 0.6 is 24.0 Å². The monoisotopic (exact) mass is 561 g/mol. The third kappa shape index (κ3) is 9.99. The first-order chi connectivity index (χ1) is 13.3. The number of sulfonamides is 1. The minimum absolute atomic E-state index is 0. The Morgan fingerprint density at radius 3 is 2.23 bits per heavy atom. The molecule has 1 fully saturated rings. The van der Waals surface area contributed by atoms with Crippen molar-refractivity contribution >= 4 is 46.1 Å². The molecule has 1 saturated heterocycles. The highest BCUT2D eigenvalue weighted by Crippen LogP contribution is 2.18. The Morgan fingerprint density at radius 2 is 1.80 bits per heavy atom. The molecule has 0 bridgehead atoms. The molecule has 1 amide bonds. The smallest absolute Gasteiger partial charge is 0.408 e. The summed E-state index contributed by atoms with van der Waals surface area (Å²) in [5.41, 5.74) is -1.01. The lowest BCUT2D eigenvalue weighted by molar-refractivity contribution is 0.0448. The SMILES string of the molecule is CCC(CC)(CNC(=NC)NCC1CCN(S(C)(=O)=O)C1)NC(=O)OC(C)(C)C.I. The lowest BCUT2D eigenvalue weighted by atomic mass is 9.93. The molecule has 178 valence electrons. The predicted molar refractivity (Wildman–Crippen MR) is 132 cm³/mol. The molecule has 0 saturated carbocycles. The Hall–Kier alpha value is -0.820. The van der Waals surface area contributed by atoms with Gasteiger partial charge < -0.3 is 20.7 Å². The lowest BCUT2D eigenvalue weighted by Gasteiger charge is -2.34. The maximum Gasteiger partial charge on any atom is 0.408 e. The van der Waals surface area contributed by atoms with Gasteiger partial charge in [-0.1, -0.05) is 13.8 Å². The number of hydrogen-bond donors (Lipinski definition) is 3. The van der Waals surface area contributed by atoms with Crippen LogP contribution in [0.1, 0.15) is 53.9 Å². The molecule has 30 heavy (non-hydrogen) atoms. The van der Waals surface area contributed by atoms with Crippen LogP contribution in [0, 0.1) is 5.92 Å². The number of aliphatic imine (C=N–C) groups is 1. The number of alkyl carbamates (subject to hydrolysis) is 1. The van der Waals surface area contributed by atoms with Crippen molar-refractivity contribution in [3.8, 4) is 0 Å². The van der Waals surface area contributed by atoms with E-state index in [4.69, 9.17) is 4.74 Å². The molecule has 0 radical (unpaired) electrons. The van der Waals surface area contributed by atoms with Crippen LogP contribution in [0.5, 0.6) is 0 Å². The van der Waals surface area contributed by atoms with Crippen LogP contribution in [0.25, 0.3) is 0 Å². The van der Waals surface area contributed by atoms with Crippen molar-refractivity contribution in [2.75, 3.05) is 39.5 Å². The van der Waals surface area contributed by atoms with E-state index in [0.717, 1.165) is 19.3 Å². The molecule has 1 unspecified atom stereocenters. The highest BCUT2D eigenvalue weighted by atomic mass is 127. The molecule has 9 nitrogen and oxygen atoms in total. The number of halogens is 1. The molecule has 1 atom stereocenters. The standard InChI is InChI=1S/C19H39N5O4S.HI/c1-8-19(9-2,23-17(25)28-18(3,4)5)14-22-16(20-6)21-12-15-10-11-24(13-15)29(7,26)27;/h15H,8-14H2,1-7H3,(H,23,25)(H2,20,21,22);1H. The van der Waals surface area contributed by atoms with Crippen molar-refractivity contribution in [3.05, 3.63) is 0 Å². The quantitative estimate of drug-likeness (QED) is 0.238. The van der Waals surface area contributed by atoms with Crippen LogP contribution in [-0.4, -0.2) is 75.4 Å². The largest absolute Gasteiger partial charge is 0.444 e. The van der Waals surface area contributed by atoms with E-state index >= 15 is 0 Å². The van der Waals surface area contributed by atoms with Crippen molar-refractivity contribution < 1.29 is 17.9 Å². The van der Waals surface area contributed by atoms with E-state index in [1.807, 2.05) is 34.6 Å². The molecule has 1 rings (SSSR count). The summed E-state index contributed by atoms with van der Waals surface area (Å²) < 4.78 is 30.2. The van der Waals surface area contributed by atoms with E-state index in [1.54, 1.807) is 7.05 Å². The number of nitrogens with zero attached hydrogens (tertiary/aromatic N) is 2. The van der Waals surface area contributed by atoms with Crippen molar-refractivity contribution in [1.82, 2.24) is 20.3 Å². The minimum atomic E-state index is -3.13. The number of hydrogen-bond acceptors (Lipinski definition) is 5.